The minimum absolute atomic E-state index is 0.0717. The number of rotatable bonds is 8. The molecule has 1 unspecified atom stereocenters. The zero-order chi connectivity index (χ0) is 26.9. The first-order valence-corrected chi connectivity index (χ1v) is 13.0. The summed E-state index contributed by atoms with van der Waals surface area (Å²) in [5, 5.41) is 15.1. The van der Waals surface area contributed by atoms with Crippen LogP contribution in [0.15, 0.2) is 45.6 Å². The number of carbonyl (C=O) groups excluding carboxylic acids is 2. The maximum atomic E-state index is 13.0. The third kappa shape index (κ3) is 5.11. The molecule has 1 aromatic heterocycles. The zero-order valence-corrected chi connectivity index (χ0v) is 21.6. The van der Waals surface area contributed by atoms with Crippen molar-refractivity contribution in [2.24, 2.45) is 0 Å². The lowest BCUT2D eigenvalue weighted by Gasteiger charge is -2.33. The summed E-state index contributed by atoms with van der Waals surface area (Å²) >= 11 is 0. The van der Waals surface area contributed by atoms with Crippen molar-refractivity contribution in [2.45, 2.75) is 57.6 Å². The highest BCUT2D eigenvalue weighted by Gasteiger charge is 2.32. The van der Waals surface area contributed by atoms with Crippen LogP contribution in [0.5, 0.6) is 11.5 Å². The van der Waals surface area contributed by atoms with E-state index in [1.54, 1.807) is 30.3 Å². The quantitative estimate of drug-likeness (QED) is 0.390. The van der Waals surface area contributed by atoms with Crippen molar-refractivity contribution < 1.29 is 28.6 Å². The van der Waals surface area contributed by atoms with Gasteiger partial charge in [-0.05, 0) is 57.1 Å². The van der Waals surface area contributed by atoms with Gasteiger partial charge in [-0.1, -0.05) is 30.3 Å². The van der Waals surface area contributed by atoms with Gasteiger partial charge in [-0.2, -0.15) is 0 Å². The van der Waals surface area contributed by atoms with Gasteiger partial charge in [0.15, 0.2) is 6.61 Å². The summed E-state index contributed by atoms with van der Waals surface area (Å²) < 4.78 is 18.1. The van der Waals surface area contributed by atoms with E-state index in [-0.39, 0.29) is 25.4 Å². The van der Waals surface area contributed by atoms with Crippen LogP contribution in [-0.4, -0.2) is 42.3 Å². The molecule has 5 rings (SSSR count). The molecular formula is C29H32N2O7. The lowest BCUT2D eigenvalue weighted by Crippen LogP contribution is -2.42. The van der Waals surface area contributed by atoms with Crippen LogP contribution in [0.3, 0.4) is 0 Å². The summed E-state index contributed by atoms with van der Waals surface area (Å²) in [6.07, 6.45) is 3.70. The number of carbonyl (C=O) groups is 2. The van der Waals surface area contributed by atoms with Gasteiger partial charge < -0.3 is 29.6 Å². The second kappa shape index (κ2) is 10.5. The fourth-order valence-corrected chi connectivity index (χ4v) is 5.24. The van der Waals surface area contributed by atoms with Gasteiger partial charge in [0.1, 0.15) is 28.7 Å². The van der Waals surface area contributed by atoms with Gasteiger partial charge in [0.2, 0.25) is 5.91 Å². The van der Waals surface area contributed by atoms with Crippen LogP contribution in [0.4, 0.5) is 0 Å². The second-order valence-corrected chi connectivity index (χ2v) is 10.3. The molecule has 0 radical (unpaired) electrons. The van der Waals surface area contributed by atoms with E-state index >= 15 is 0 Å². The summed E-state index contributed by atoms with van der Waals surface area (Å²) in [6.45, 7) is 3.50. The molecule has 0 bridgehead atoms. The largest absolute Gasteiger partial charge is 0.487 e. The van der Waals surface area contributed by atoms with Crippen LogP contribution in [0.2, 0.25) is 0 Å². The Hall–Kier alpha value is -3.85. The molecule has 200 valence electrons. The molecule has 2 amide bonds. The molecule has 0 fully saturated rings. The third-order valence-corrected chi connectivity index (χ3v) is 7.10. The van der Waals surface area contributed by atoms with E-state index in [0.717, 1.165) is 30.4 Å². The number of ether oxygens (including phenoxy) is 2. The molecule has 0 spiro atoms. The van der Waals surface area contributed by atoms with Gasteiger partial charge in [0, 0.05) is 23.7 Å². The summed E-state index contributed by atoms with van der Waals surface area (Å²) in [6, 6.07) is 9.69. The SMILES string of the molecule is CC1(C)CCc2c(cc(OCC(=O)NC(C(=O)NCCO)c3ccccc3)c3c4c(c(=O)oc23)CCC4)O1. The zero-order valence-electron chi connectivity index (χ0n) is 21.6. The van der Waals surface area contributed by atoms with Gasteiger partial charge in [-0.15, -0.1) is 0 Å². The number of nitrogens with one attached hydrogen (secondary N) is 2. The van der Waals surface area contributed by atoms with Crippen molar-refractivity contribution in [3.63, 3.8) is 0 Å². The highest BCUT2D eigenvalue weighted by Crippen LogP contribution is 2.44. The average molecular weight is 521 g/mol. The van der Waals surface area contributed by atoms with E-state index in [1.165, 1.54) is 0 Å². The minimum Gasteiger partial charge on any atom is -0.487 e. The molecule has 1 aliphatic carbocycles. The van der Waals surface area contributed by atoms with Crippen molar-refractivity contribution >= 4 is 22.8 Å². The molecule has 3 N–H and O–H groups in total. The molecule has 9 nitrogen and oxygen atoms in total. The first-order chi connectivity index (χ1) is 18.3. The van der Waals surface area contributed by atoms with Crippen molar-refractivity contribution in [2.75, 3.05) is 19.8 Å². The number of benzene rings is 2. The Balaban J connectivity index is 1.45. The van der Waals surface area contributed by atoms with E-state index in [0.29, 0.717) is 46.4 Å². The van der Waals surface area contributed by atoms with E-state index in [1.807, 2.05) is 19.9 Å². The van der Waals surface area contributed by atoms with Crippen LogP contribution in [0.1, 0.15) is 55.0 Å². The predicted molar refractivity (Wildman–Crippen MR) is 140 cm³/mol. The van der Waals surface area contributed by atoms with Crippen molar-refractivity contribution in [3.8, 4) is 11.5 Å². The molecule has 38 heavy (non-hydrogen) atoms. The Morgan fingerprint density at radius 2 is 1.87 bits per heavy atom. The fourth-order valence-electron chi connectivity index (χ4n) is 5.24. The van der Waals surface area contributed by atoms with Gasteiger partial charge >= 0.3 is 5.63 Å². The molecular weight excluding hydrogens is 488 g/mol. The molecule has 9 heteroatoms. The number of aliphatic hydroxyl groups is 1. The minimum atomic E-state index is -0.953. The van der Waals surface area contributed by atoms with Crippen LogP contribution >= 0.6 is 0 Å². The van der Waals surface area contributed by atoms with Gasteiger partial charge in [0.25, 0.3) is 5.91 Å². The van der Waals surface area contributed by atoms with Gasteiger partial charge in [-0.3, -0.25) is 9.59 Å². The number of aryl methyl sites for hydroxylation is 2. The van der Waals surface area contributed by atoms with Gasteiger partial charge in [-0.25, -0.2) is 4.79 Å². The molecule has 2 aliphatic rings. The number of amides is 2. The van der Waals surface area contributed by atoms with Crippen molar-refractivity contribution in [1.29, 1.82) is 0 Å². The first kappa shape index (κ1) is 25.8. The Labute approximate surface area is 220 Å². The smallest absolute Gasteiger partial charge is 0.339 e. The third-order valence-electron chi connectivity index (χ3n) is 7.10. The Morgan fingerprint density at radius 3 is 2.63 bits per heavy atom. The lowest BCUT2D eigenvalue weighted by atomic mass is 9.91. The first-order valence-electron chi connectivity index (χ1n) is 13.0. The van der Waals surface area contributed by atoms with E-state index in [2.05, 4.69) is 10.6 Å². The molecule has 3 aromatic rings. The molecule has 1 atom stereocenters. The Bertz CT molecular complexity index is 1430. The maximum Gasteiger partial charge on any atom is 0.339 e. The fraction of sp³-hybridized carbons (Fsp3) is 0.414. The maximum absolute atomic E-state index is 13.0. The van der Waals surface area contributed by atoms with Crippen LogP contribution in [0, 0.1) is 0 Å². The summed E-state index contributed by atoms with van der Waals surface area (Å²) in [5.41, 5.74) is 2.75. The van der Waals surface area contributed by atoms with Crippen molar-refractivity contribution in [1.82, 2.24) is 10.6 Å². The van der Waals surface area contributed by atoms with E-state index in [4.69, 9.17) is 19.0 Å². The number of hydrogen-bond acceptors (Lipinski definition) is 7. The highest BCUT2D eigenvalue weighted by molar-refractivity contribution is 5.93. The number of aliphatic hydroxyl groups excluding tert-OH is 1. The molecule has 2 heterocycles. The summed E-state index contributed by atoms with van der Waals surface area (Å²) in [5.74, 6) is 0.0532. The number of hydrogen-bond donors (Lipinski definition) is 3. The monoisotopic (exact) mass is 520 g/mol. The second-order valence-electron chi connectivity index (χ2n) is 10.3. The summed E-state index contributed by atoms with van der Waals surface area (Å²) in [7, 11) is 0. The van der Waals surface area contributed by atoms with Crippen LogP contribution < -0.4 is 25.7 Å². The normalized spacial score (nSPS) is 16.2. The molecule has 0 saturated carbocycles. The molecule has 1 aliphatic heterocycles. The Kier molecular flexibility index (Phi) is 7.12. The topological polar surface area (TPSA) is 127 Å². The predicted octanol–water partition coefficient (Wildman–Crippen LogP) is 2.73. The molecule has 0 saturated heterocycles. The molecule has 2 aromatic carbocycles. The lowest BCUT2D eigenvalue weighted by molar-refractivity contribution is -0.130. The van der Waals surface area contributed by atoms with Crippen LogP contribution in [0.25, 0.3) is 11.0 Å². The standard InChI is InChI=1S/C29H32N2O7/c1-29(2)12-11-20-21(38-29)15-22(24-18-9-6-10-19(18)28(35)37-26(20)24)36-16-23(33)31-25(27(34)30-13-14-32)17-7-4-3-5-8-17/h3-5,7-8,15,25,32H,6,9-14,16H2,1-2H3,(H,30,34)(H,31,33). The summed E-state index contributed by atoms with van der Waals surface area (Å²) in [4.78, 5) is 38.5. The van der Waals surface area contributed by atoms with E-state index in [9.17, 15) is 14.4 Å². The highest BCUT2D eigenvalue weighted by atomic mass is 16.5. The van der Waals surface area contributed by atoms with E-state index < -0.39 is 23.5 Å². The number of fused-ring (bicyclic) bond motifs is 5. The Morgan fingerprint density at radius 1 is 1.11 bits per heavy atom. The van der Waals surface area contributed by atoms with Crippen LogP contribution in [-0.2, 0) is 28.9 Å². The van der Waals surface area contributed by atoms with Crippen molar-refractivity contribution in [3.05, 3.63) is 69.1 Å². The van der Waals surface area contributed by atoms with Gasteiger partial charge in [0.05, 0.1) is 12.0 Å². The average Bonchev–Trinajstić information content (AvgIpc) is 3.39.